The molecule has 2 aromatic rings. The van der Waals surface area contributed by atoms with Gasteiger partial charge in [-0.2, -0.15) is 0 Å². The van der Waals surface area contributed by atoms with Crippen LogP contribution in [0.1, 0.15) is 11.1 Å². The van der Waals surface area contributed by atoms with Crippen molar-refractivity contribution in [2.45, 2.75) is 13.0 Å². The molecule has 0 radical (unpaired) electrons. The summed E-state index contributed by atoms with van der Waals surface area (Å²) in [4.78, 5) is 16.8. The molecule has 0 N–H and O–H groups in total. The predicted octanol–water partition coefficient (Wildman–Crippen LogP) is 2.96. The highest BCUT2D eigenvalue weighted by Crippen LogP contribution is 2.32. The molecule has 1 fully saturated rings. The van der Waals surface area contributed by atoms with E-state index >= 15 is 0 Å². The molecule has 6 heteroatoms. The van der Waals surface area contributed by atoms with Crippen molar-refractivity contribution >= 4 is 17.5 Å². The minimum atomic E-state index is 0.140. The topological polar surface area (TPSA) is 42.0 Å². The Morgan fingerprint density at radius 1 is 1.00 bits per heavy atom. The van der Waals surface area contributed by atoms with Crippen molar-refractivity contribution in [3.05, 3.63) is 58.6 Å². The first-order valence-corrected chi connectivity index (χ1v) is 9.19. The molecule has 4 rings (SSSR count). The molecule has 26 heavy (non-hydrogen) atoms. The molecule has 0 atom stereocenters. The van der Waals surface area contributed by atoms with E-state index in [2.05, 4.69) is 11.0 Å². The van der Waals surface area contributed by atoms with E-state index in [1.807, 2.05) is 41.3 Å². The number of fused-ring (bicyclic) bond motifs is 1. The first-order valence-electron chi connectivity index (χ1n) is 8.81. The molecule has 2 aliphatic rings. The second kappa shape index (κ2) is 7.56. The number of carbonyl (C=O) groups is 1. The molecule has 0 aliphatic carbocycles. The Kier molecular flexibility index (Phi) is 5.00. The lowest BCUT2D eigenvalue weighted by Gasteiger charge is -2.35. The van der Waals surface area contributed by atoms with Gasteiger partial charge in [-0.15, -0.1) is 0 Å². The van der Waals surface area contributed by atoms with Gasteiger partial charge in [-0.3, -0.25) is 9.69 Å². The third-order valence-corrected chi connectivity index (χ3v) is 5.24. The summed E-state index contributed by atoms with van der Waals surface area (Å²) in [5, 5.41) is 0.655. The van der Waals surface area contributed by atoms with Gasteiger partial charge in [0.1, 0.15) is 0 Å². The monoisotopic (exact) mass is 372 g/mol. The van der Waals surface area contributed by atoms with Crippen molar-refractivity contribution < 1.29 is 14.3 Å². The molecule has 1 saturated heterocycles. The van der Waals surface area contributed by atoms with Gasteiger partial charge in [0.15, 0.2) is 11.5 Å². The zero-order chi connectivity index (χ0) is 17.9. The van der Waals surface area contributed by atoms with Gasteiger partial charge in [0.05, 0.1) is 6.42 Å². The van der Waals surface area contributed by atoms with Gasteiger partial charge < -0.3 is 14.4 Å². The third-order valence-electron chi connectivity index (χ3n) is 4.87. The van der Waals surface area contributed by atoms with Gasteiger partial charge in [-0.05, 0) is 29.3 Å². The molecule has 0 spiro atoms. The van der Waals surface area contributed by atoms with E-state index in [1.165, 1.54) is 5.56 Å². The fourth-order valence-corrected chi connectivity index (χ4v) is 3.57. The van der Waals surface area contributed by atoms with Crippen molar-refractivity contribution in [3.63, 3.8) is 0 Å². The lowest BCUT2D eigenvalue weighted by Crippen LogP contribution is -2.48. The zero-order valence-electron chi connectivity index (χ0n) is 14.5. The molecule has 5 nitrogen and oxygen atoms in total. The number of nitrogens with zero attached hydrogens (tertiary/aromatic N) is 2. The van der Waals surface area contributed by atoms with Crippen LogP contribution in [0.2, 0.25) is 5.02 Å². The smallest absolute Gasteiger partial charge is 0.231 e. The lowest BCUT2D eigenvalue weighted by atomic mass is 10.1. The summed E-state index contributed by atoms with van der Waals surface area (Å²) in [6.07, 6.45) is 0.363. The van der Waals surface area contributed by atoms with Gasteiger partial charge in [-0.1, -0.05) is 35.9 Å². The number of amides is 1. The number of benzene rings is 2. The number of piperazine rings is 1. The largest absolute Gasteiger partial charge is 0.454 e. The van der Waals surface area contributed by atoms with E-state index < -0.39 is 0 Å². The Morgan fingerprint density at radius 2 is 1.77 bits per heavy atom. The Hall–Kier alpha value is -2.24. The van der Waals surface area contributed by atoms with Crippen LogP contribution in [0.15, 0.2) is 42.5 Å². The molecule has 0 bridgehead atoms. The van der Waals surface area contributed by atoms with Crippen LogP contribution in [0.3, 0.4) is 0 Å². The summed E-state index contributed by atoms with van der Waals surface area (Å²) in [5.41, 5.74) is 2.09. The van der Waals surface area contributed by atoms with Crippen LogP contribution in [0.5, 0.6) is 11.5 Å². The van der Waals surface area contributed by atoms with Crippen LogP contribution >= 0.6 is 11.6 Å². The maximum absolute atomic E-state index is 12.5. The van der Waals surface area contributed by atoms with Crippen LogP contribution in [0, 0.1) is 0 Å². The van der Waals surface area contributed by atoms with Crippen LogP contribution in [-0.4, -0.2) is 48.7 Å². The Labute approximate surface area is 158 Å². The van der Waals surface area contributed by atoms with E-state index in [1.54, 1.807) is 0 Å². The summed E-state index contributed by atoms with van der Waals surface area (Å²) in [6, 6.07) is 13.6. The lowest BCUT2D eigenvalue weighted by molar-refractivity contribution is -0.132. The van der Waals surface area contributed by atoms with E-state index in [0.29, 0.717) is 18.2 Å². The normalized spacial score (nSPS) is 16.7. The van der Waals surface area contributed by atoms with Crippen LogP contribution in [0.25, 0.3) is 0 Å². The number of rotatable bonds is 4. The standard InChI is InChI=1S/C20H21ClN2O3/c21-17-4-2-1-3-16(17)12-20(24)23-9-7-22(8-10-23)13-15-5-6-18-19(11-15)26-14-25-18/h1-6,11H,7-10,12-14H2. The van der Waals surface area contributed by atoms with Gasteiger partial charge >= 0.3 is 0 Å². The minimum absolute atomic E-state index is 0.140. The quantitative estimate of drug-likeness (QED) is 0.827. The molecule has 0 aromatic heterocycles. The highest BCUT2D eigenvalue weighted by atomic mass is 35.5. The van der Waals surface area contributed by atoms with E-state index in [-0.39, 0.29) is 5.91 Å². The predicted molar refractivity (Wildman–Crippen MR) is 99.6 cm³/mol. The maximum Gasteiger partial charge on any atom is 0.231 e. The highest BCUT2D eigenvalue weighted by Gasteiger charge is 2.22. The van der Waals surface area contributed by atoms with Gasteiger partial charge in [0.2, 0.25) is 12.7 Å². The van der Waals surface area contributed by atoms with Crippen LogP contribution < -0.4 is 9.47 Å². The van der Waals surface area contributed by atoms with Gasteiger partial charge in [-0.25, -0.2) is 0 Å². The zero-order valence-corrected chi connectivity index (χ0v) is 15.2. The second-order valence-electron chi connectivity index (χ2n) is 6.61. The molecule has 0 saturated carbocycles. The third kappa shape index (κ3) is 3.79. The fourth-order valence-electron chi connectivity index (χ4n) is 3.37. The van der Waals surface area contributed by atoms with Crippen LogP contribution in [0.4, 0.5) is 0 Å². The minimum Gasteiger partial charge on any atom is -0.454 e. The first kappa shape index (κ1) is 17.2. The first-order chi connectivity index (χ1) is 12.7. The average molecular weight is 373 g/mol. The Morgan fingerprint density at radius 3 is 2.58 bits per heavy atom. The van der Waals surface area contributed by atoms with Gasteiger partial charge in [0, 0.05) is 37.7 Å². The van der Waals surface area contributed by atoms with Crippen molar-refractivity contribution in [2.75, 3.05) is 33.0 Å². The molecule has 2 aliphatic heterocycles. The Balaban J connectivity index is 1.30. The summed E-state index contributed by atoms with van der Waals surface area (Å²) >= 11 is 6.16. The molecule has 2 heterocycles. The van der Waals surface area contributed by atoms with Crippen LogP contribution in [-0.2, 0) is 17.8 Å². The van der Waals surface area contributed by atoms with E-state index in [0.717, 1.165) is 49.8 Å². The second-order valence-corrected chi connectivity index (χ2v) is 7.02. The number of hydrogen-bond acceptors (Lipinski definition) is 4. The average Bonchev–Trinajstić information content (AvgIpc) is 3.12. The number of halogens is 1. The molecule has 1 amide bonds. The highest BCUT2D eigenvalue weighted by molar-refractivity contribution is 6.31. The molecular formula is C20H21ClN2O3. The van der Waals surface area contributed by atoms with Crippen molar-refractivity contribution in [1.29, 1.82) is 0 Å². The molecular weight excluding hydrogens is 352 g/mol. The maximum atomic E-state index is 12.5. The molecule has 0 unspecified atom stereocenters. The molecule has 136 valence electrons. The number of carbonyl (C=O) groups excluding carboxylic acids is 1. The van der Waals surface area contributed by atoms with Crippen molar-refractivity contribution in [1.82, 2.24) is 9.80 Å². The van der Waals surface area contributed by atoms with Crippen molar-refractivity contribution in [2.24, 2.45) is 0 Å². The number of ether oxygens (including phenoxy) is 2. The summed E-state index contributed by atoms with van der Waals surface area (Å²) in [7, 11) is 0. The summed E-state index contributed by atoms with van der Waals surface area (Å²) in [6.45, 7) is 4.36. The number of hydrogen-bond donors (Lipinski definition) is 0. The molecule has 2 aromatic carbocycles. The van der Waals surface area contributed by atoms with E-state index in [4.69, 9.17) is 21.1 Å². The van der Waals surface area contributed by atoms with E-state index in [9.17, 15) is 4.79 Å². The van der Waals surface area contributed by atoms with Gasteiger partial charge in [0.25, 0.3) is 0 Å². The summed E-state index contributed by atoms with van der Waals surface area (Å²) in [5.74, 6) is 1.76. The fraction of sp³-hybridized carbons (Fsp3) is 0.350. The SMILES string of the molecule is O=C(Cc1ccccc1Cl)N1CCN(Cc2ccc3c(c2)OCO3)CC1. The van der Waals surface area contributed by atoms with Crippen molar-refractivity contribution in [3.8, 4) is 11.5 Å². The summed E-state index contributed by atoms with van der Waals surface area (Å²) < 4.78 is 10.8. The Bertz CT molecular complexity index is 803.